The summed E-state index contributed by atoms with van der Waals surface area (Å²) in [5.74, 6) is 1.74. The van der Waals surface area contributed by atoms with Crippen LogP contribution < -0.4 is 20.3 Å². The Morgan fingerprint density at radius 3 is 2.41 bits per heavy atom. The van der Waals surface area contributed by atoms with Crippen LogP contribution in [0.15, 0.2) is 66.9 Å². The first-order chi connectivity index (χ1) is 26.9. The minimum absolute atomic E-state index is 0.193. The number of rotatable bonds is 8. The Morgan fingerprint density at radius 2 is 1.66 bits per heavy atom. The molecule has 0 radical (unpaired) electrons. The molecule has 2 N–H and O–H groups in total. The van der Waals surface area contributed by atoms with Crippen LogP contribution in [0.1, 0.15) is 101 Å². The largest absolute Gasteiger partial charge is 0.484 e. The molecule has 56 heavy (non-hydrogen) atoms. The molecular weight excluding hydrogens is 708 g/mol. The molecule has 5 heterocycles. The highest BCUT2D eigenvalue weighted by Gasteiger charge is 2.32. The van der Waals surface area contributed by atoms with E-state index in [1.165, 1.54) is 12.5 Å². The lowest BCUT2D eigenvalue weighted by Crippen LogP contribution is -2.44. The fourth-order valence-corrected chi connectivity index (χ4v) is 8.56. The molecule has 2 aliphatic heterocycles. The molecule has 3 aromatic heterocycles. The smallest absolute Gasteiger partial charge is 0.320 e. The summed E-state index contributed by atoms with van der Waals surface area (Å²) in [6.45, 7) is 15.2. The van der Waals surface area contributed by atoms with Crippen LogP contribution in [-0.4, -0.2) is 85.5 Å². The lowest BCUT2D eigenvalue weighted by molar-refractivity contribution is 0.148. The third-order valence-corrected chi connectivity index (χ3v) is 11.7. The fourth-order valence-electron chi connectivity index (χ4n) is 8.56. The number of pyridine rings is 1. The summed E-state index contributed by atoms with van der Waals surface area (Å²) < 4.78 is 25.6. The molecule has 5 aromatic rings. The first-order valence-corrected chi connectivity index (χ1v) is 20.2. The number of carbonyl (C=O) groups excluding carboxylic acids is 1. The zero-order valence-corrected chi connectivity index (χ0v) is 33.5. The average Bonchev–Trinajstić information content (AvgIpc) is 3.78. The second-order valence-corrected chi connectivity index (χ2v) is 17.1. The number of benzene rings is 2. The Morgan fingerprint density at radius 1 is 0.911 bits per heavy atom. The summed E-state index contributed by atoms with van der Waals surface area (Å²) in [5, 5.41) is 20.2. The summed E-state index contributed by atoms with van der Waals surface area (Å²) in [4.78, 5) is 20.9. The van der Waals surface area contributed by atoms with E-state index in [-0.39, 0.29) is 29.4 Å². The van der Waals surface area contributed by atoms with Gasteiger partial charge in [0, 0.05) is 56.3 Å². The molecule has 2 saturated heterocycles. The van der Waals surface area contributed by atoms with Gasteiger partial charge >= 0.3 is 6.03 Å². The predicted octanol–water partition coefficient (Wildman–Crippen LogP) is 7.64. The monoisotopic (exact) mass is 762 g/mol. The van der Waals surface area contributed by atoms with Gasteiger partial charge in [-0.1, -0.05) is 45.0 Å². The van der Waals surface area contributed by atoms with E-state index in [1.807, 2.05) is 47.0 Å². The number of hydrogen-bond acceptors (Lipinski definition) is 8. The maximum absolute atomic E-state index is 15.2. The number of hydrogen-bond donors (Lipinski definition) is 2. The maximum Gasteiger partial charge on any atom is 0.320 e. The number of amides is 2. The van der Waals surface area contributed by atoms with Gasteiger partial charge in [0.05, 0.1) is 23.6 Å². The van der Waals surface area contributed by atoms with Crippen molar-refractivity contribution < 1.29 is 13.9 Å². The van der Waals surface area contributed by atoms with Crippen molar-refractivity contribution in [2.75, 3.05) is 43.4 Å². The van der Waals surface area contributed by atoms with Gasteiger partial charge in [-0.05, 0) is 100 Å². The summed E-state index contributed by atoms with van der Waals surface area (Å²) in [7, 11) is 2.12. The molecule has 4 atom stereocenters. The molecule has 1 aliphatic carbocycles. The fraction of sp³-hybridized carbons (Fsp3) is 0.488. The topological polar surface area (TPSA) is 108 Å². The number of carbonyl (C=O) groups is 1. The van der Waals surface area contributed by atoms with Crippen LogP contribution in [0.25, 0.3) is 11.3 Å². The molecule has 13 heteroatoms. The van der Waals surface area contributed by atoms with Gasteiger partial charge in [0.1, 0.15) is 23.5 Å². The van der Waals surface area contributed by atoms with Crippen molar-refractivity contribution in [2.24, 2.45) is 0 Å². The quantitative estimate of drug-likeness (QED) is 0.166. The lowest BCUT2D eigenvalue weighted by atomic mass is 9.85. The number of likely N-dealkylation sites (N-methyl/N-ethyl adjacent to an activating group) is 1. The number of urea groups is 1. The highest BCUT2D eigenvalue weighted by molar-refractivity contribution is 5.89. The number of piperazine rings is 1. The zero-order valence-electron chi connectivity index (χ0n) is 33.5. The maximum atomic E-state index is 15.2. The molecule has 2 amide bonds. The van der Waals surface area contributed by atoms with E-state index in [0.29, 0.717) is 43.0 Å². The molecule has 2 aromatic carbocycles. The van der Waals surface area contributed by atoms with Crippen molar-refractivity contribution in [3.63, 3.8) is 0 Å². The second-order valence-electron chi connectivity index (χ2n) is 17.1. The molecule has 12 nitrogen and oxygen atoms in total. The minimum atomic E-state index is -0.355. The van der Waals surface area contributed by atoms with E-state index in [4.69, 9.17) is 9.84 Å². The molecule has 0 spiro atoms. The summed E-state index contributed by atoms with van der Waals surface area (Å²) in [5.41, 5.74) is 4.78. The minimum Gasteiger partial charge on any atom is -0.484 e. The van der Waals surface area contributed by atoms with E-state index >= 15 is 4.39 Å². The van der Waals surface area contributed by atoms with E-state index < -0.39 is 0 Å². The number of nitrogens with one attached hydrogen (secondary N) is 2. The number of fused-ring (bicyclic) bond motifs is 2. The van der Waals surface area contributed by atoms with Gasteiger partial charge in [-0.15, -0.1) is 10.2 Å². The Labute approximate surface area is 329 Å². The molecule has 0 saturated carbocycles. The molecule has 8 rings (SSSR count). The molecule has 0 unspecified atom stereocenters. The lowest BCUT2D eigenvalue weighted by Gasteiger charge is -2.39. The van der Waals surface area contributed by atoms with E-state index in [2.05, 4.69) is 89.3 Å². The van der Waals surface area contributed by atoms with Crippen molar-refractivity contribution in [3.8, 4) is 11.4 Å². The van der Waals surface area contributed by atoms with Gasteiger partial charge in [-0.3, -0.25) is 14.6 Å². The van der Waals surface area contributed by atoms with Gasteiger partial charge < -0.3 is 19.9 Å². The first kappa shape index (κ1) is 37.9. The summed E-state index contributed by atoms with van der Waals surface area (Å²) in [6, 6.07) is 19.2. The van der Waals surface area contributed by atoms with Crippen LogP contribution >= 0.6 is 0 Å². The van der Waals surface area contributed by atoms with Crippen molar-refractivity contribution in [2.45, 2.75) is 103 Å². The highest BCUT2D eigenvalue weighted by atomic mass is 19.1. The number of piperidine rings is 1. The zero-order chi connectivity index (χ0) is 39.1. The second kappa shape index (κ2) is 15.5. The Kier molecular flexibility index (Phi) is 10.5. The number of anilines is 2. The van der Waals surface area contributed by atoms with Crippen LogP contribution in [0.5, 0.6) is 5.75 Å². The molecule has 296 valence electrons. The number of nitrogens with zero attached hydrogens (tertiary/aromatic N) is 8. The standard InChI is InChI=1S/C43H55FN10O2/c1-28-10-9-11-29(2)53(28)42-48-47-39-17-14-33(27-52(39)42)56-37-16-15-36(34-12-7-8-13-35(34)37)45-41(55)46-40-25-38(43(3,4)5)49-54(40)32-23-30(22-31(44)24-32)26-51-20-18-50(6)19-21-51/h7-8,12-14,17,22-25,27-29,36-37H,9-11,15-16,18-21,26H2,1-6H3,(H2,45,46,55)/t28-,29+,36-,37+/m0/s1. The van der Waals surface area contributed by atoms with Gasteiger partial charge in [0.2, 0.25) is 5.95 Å². The van der Waals surface area contributed by atoms with Crippen molar-refractivity contribution in [1.82, 2.24) is 39.5 Å². The first-order valence-electron chi connectivity index (χ1n) is 20.2. The molecule has 3 aliphatic rings. The normalized spacial score (nSPS) is 22.2. The molecule has 0 bridgehead atoms. The van der Waals surface area contributed by atoms with Crippen LogP contribution in [0.4, 0.5) is 21.0 Å². The van der Waals surface area contributed by atoms with Crippen LogP contribution in [-0.2, 0) is 12.0 Å². The van der Waals surface area contributed by atoms with Gasteiger partial charge in [0.25, 0.3) is 0 Å². The van der Waals surface area contributed by atoms with Crippen LogP contribution in [0.2, 0.25) is 0 Å². The Balaban J connectivity index is 0.994. The Hall–Kier alpha value is -5.01. The number of halogens is 1. The Bertz CT molecular complexity index is 2170. The van der Waals surface area contributed by atoms with E-state index in [1.54, 1.807) is 10.7 Å². The van der Waals surface area contributed by atoms with E-state index in [0.717, 1.165) is 78.7 Å². The van der Waals surface area contributed by atoms with Gasteiger partial charge in [0.15, 0.2) is 5.65 Å². The molecule has 2 fully saturated rings. The van der Waals surface area contributed by atoms with Gasteiger partial charge in [-0.25, -0.2) is 13.9 Å². The van der Waals surface area contributed by atoms with Crippen molar-refractivity contribution >= 4 is 23.4 Å². The SMILES string of the molecule is C[C@@H]1CCC[C@H](C)N1c1nnc2ccc(O[C@@H]3CC[C@H](NC(=O)Nc4cc(C(C)(C)C)nn4-c4cc(F)cc(CN5CCN(C)CC5)c4)c4ccccc43)cn12. The predicted molar refractivity (Wildman–Crippen MR) is 217 cm³/mol. The highest BCUT2D eigenvalue weighted by Crippen LogP contribution is 2.39. The van der Waals surface area contributed by atoms with Crippen molar-refractivity contribution in [1.29, 1.82) is 0 Å². The van der Waals surface area contributed by atoms with Crippen LogP contribution in [0, 0.1) is 5.82 Å². The van der Waals surface area contributed by atoms with Gasteiger partial charge in [-0.2, -0.15) is 5.10 Å². The third kappa shape index (κ3) is 7.97. The summed E-state index contributed by atoms with van der Waals surface area (Å²) >= 11 is 0. The van der Waals surface area contributed by atoms with Crippen molar-refractivity contribution in [3.05, 3.63) is 95.1 Å². The number of ether oxygens (including phenoxy) is 1. The third-order valence-electron chi connectivity index (χ3n) is 11.7. The van der Waals surface area contributed by atoms with Crippen LogP contribution in [0.3, 0.4) is 0 Å². The average molecular weight is 763 g/mol. The summed E-state index contributed by atoms with van der Waals surface area (Å²) in [6.07, 6.45) is 6.69. The molecular formula is C43H55FN10O2. The number of aromatic nitrogens is 5. The van der Waals surface area contributed by atoms with E-state index in [9.17, 15) is 4.79 Å².